The van der Waals surface area contributed by atoms with Crippen LogP contribution in [0.4, 0.5) is 0 Å². The molecule has 0 aromatic rings. The monoisotopic (exact) mass is 260 g/mol. The maximum atomic E-state index is 11.6. The second kappa shape index (κ2) is 7.24. The minimum absolute atomic E-state index is 0.132. The molecule has 0 bridgehead atoms. The van der Waals surface area contributed by atoms with E-state index in [2.05, 4.69) is 22.8 Å². The van der Waals surface area contributed by atoms with E-state index in [1.54, 1.807) is 0 Å². The van der Waals surface area contributed by atoms with Crippen LogP contribution in [0, 0.1) is 5.41 Å². The van der Waals surface area contributed by atoms with Gasteiger partial charge in [0.05, 0.1) is 13.2 Å². The summed E-state index contributed by atoms with van der Waals surface area (Å²) in [6, 6.07) is 0. The van der Waals surface area contributed by atoms with Crippen molar-refractivity contribution >= 4 is 18.5 Å². The van der Waals surface area contributed by atoms with E-state index in [4.69, 9.17) is 4.74 Å². The summed E-state index contributed by atoms with van der Waals surface area (Å²) in [4.78, 5) is 13.7. The Morgan fingerprint density at radius 1 is 1.41 bits per heavy atom. The first-order valence-corrected chi connectivity index (χ1v) is 6.81. The fourth-order valence-corrected chi connectivity index (χ4v) is 2.01. The largest absolute Gasteiger partial charge is 0.378 e. The van der Waals surface area contributed by atoms with Gasteiger partial charge in [0.2, 0.25) is 5.91 Å². The van der Waals surface area contributed by atoms with Crippen molar-refractivity contribution < 1.29 is 9.53 Å². The van der Waals surface area contributed by atoms with Crippen LogP contribution in [0.15, 0.2) is 0 Å². The quantitative estimate of drug-likeness (QED) is 0.475. The molecule has 0 saturated heterocycles. The van der Waals surface area contributed by atoms with Gasteiger partial charge in [0.15, 0.2) is 0 Å². The molecular formula is C12H24N2O2S. The SMILES string of the molecule is CN(C)CCOCCNC(=O)CC1(CS)CC1. The fraction of sp³-hybridized carbons (Fsp3) is 0.917. The zero-order valence-electron chi connectivity index (χ0n) is 10.9. The Morgan fingerprint density at radius 2 is 2.12 bits per heavy atom. The summed E-state index contributed by atoms with van der Waals surface area (Å²) in [6.45, 7) is 2.82. The molecule has 1 fully saturated rings. The molecule has 0 aliphatic heterocycles. The van der Waals surface area contributed by atoms with Crippen molar-refractivity contribution in [2.45, 2.75) is 19.3 Å². The van der Waals surface area contributed by atoms with Crippen LogP contribution in [0.2, 0.25) is 0 Å². The third-order valence-corrected chi connectivity index (χ3v) is 3.75. The van der Waals surface area contributed by atoms with Crippen LogP contribution in [0.1, 0.15) is 19.3 Å². The van der Waals surface area contributed by atoms with E-state index in [-0.39, 0.29) is 11.3 Å². The van der Waals surface area contributed by atoms with Gasteiger partial charge in [-0.25, -0.2) is 0 Å². The molecule has 1 N–H and O–H groups in total. The summed E-state index contributed by atoms with van der Waals surface area (Å²) in [5.74, 6) is 0.951. The first-order chi connectivity index (χ1) is 8.08. The van der Waals surface area contributed by atoms with E-state index >= 15 is 0 Å². The fourth-order valence-electron chi connectivity index (χ4n) is 1.58. The molecule has 1 amide bonds. The van der Waals surface area contributed by atoms with Crippen LogP contribution in [0.5, 0.6) is 0 Å². The van der Waals surface area contributed by atoms with E-state index in [0.29, 0.717) is 26.2 Å². The molecule has 100 valence electrons. The number of ether oxygens (including phenoxy) is 1. The number of likely N-dealkylation sites (N-methyl/N-ethyl adjacent to an activating group) is 1. The number of thiol groups is 1. The highest BCUT2D eigenvalue weighted by atomic mass is 32.1. The van der Waals surface area contributed by atoms with E-state index < -0.39 is 0 Å². The van der Waals surface area contributed by atoms with Crippen LogP contribution >= 0.6 is 12.6 Å². The number of rotatable bonds is 9. The number of carbonyl (C=O) groups excluding carboxylic acids is 1. The normalized spacial score (nSPS) is 17.2. The summed E-state index contributed by atoms with van der Waals surface area (Å²) in [5.41, 5.74) is 0.207. The van der Waals surface area contributed by atoms with Crippen LogP contribution in [-0.2, 0) is 9.53 Å². The van der Waals surface area contributed by atoms with Gasteiger partial charge in [-0.15, -0.1) is 0 Å². The first kappa shape index (κ1) is 14.8. The molecular weight excluding hydrogens is 236 g/mol. The number of amides is 1. The third-order valence-electron chi connectivity index (χ3n) is 3.08. The van der Waals surface area contributed by atoms with Crippen molar-refractivity contribution in [1.82, 2.24) is 10.2 Å². The first-order valence-electron chi connectivity index (χ1n) is 6.18. The summed E-state index contributed by atoms with van der Waals surface area (Å²) in [5, 5.41) is 2.89. The van der Waals surface area contributed by atoms with Crippen molar-refractivity contribution in [2.24, 2.45) is 5.41 Å². The lowest BCUT2D eigenvalue weighted by atomic mass is 10.1. The lowest BCUT2D eigenvalue weighted by Gasteiger charge is -2.12. The summed E-state index contributed by atoms with van der Waals surface area (Å²) in [7, 11) is 4.02. The molecule has 17 heavy (non-hydrogen) atoms. The zero-order chi connectivity index (χ0) is 12.7. The smallest absolute Gasteiger partial charge is 0.220 e. The summed E-state index contributed by atoms with van der Waals surface area (Å²) >= 11 is 4.29. The molecule has 0 unspecified atom stereocenters. The maximum Gasteiger partial charge on any atom is 0.220 e. The van der Waals surface area contributed by atoms with Gasteiger partial charge < -0.3 is 15.0 Å². The Hall–Kier alpha value is -0.260. The van der Waals surface area contributed by atoms with Gasteiger partial charge in [-0.1, -0.05) is 0 Å². The molecule has 1 aliphatic rings. The average Bonchev–Trinajstić information content (AvgIpc) is 3.03. The van der Waals surface area contributed by atoms with Crippen molar-refractivity contribution in [1.29, 1.82) is 0 Å². The molecule has 0 atom stereocenters. The Balaban J connectivity index is 1.94. The lowest BCUT2D eigenvalue weighted by molar-refractivity contribution is -0.122. The predicted molar refractivity (Wildman–Crippen MR) is 72.5 cm³/mol. The van der Waals surface area contributed by atoms with Crippen LogP contribution in [0.3, 0.4) is 0 Å². The minimum atomic E-state index is 0.132. The van der Waals surface area contributed by atoms with Crippen LogP contribution in [-0.4, -0.2) is 57.0 Å². The van der Waals surface area contributed by atoms with Crippen molar-refractivity contribution in [2.75, 3.05) is 46.2 Å². The summed E-state index contributed by atoms with van der Waals surface area (Å²) in [6.07, 6.45) is 2.90. The summed E-state index contributed by atoms with van der Waals surface area (Å²) < 4.78 is 5.40. The number of hydrogen-bond acceptors (Lipinski definition) is 4. The molecule has 1 aliphatic carbocycles. The van der Waals surface area contributed by atoms with Gasteiger partial charge in [0.1, 0.15) is 0 Å². The second-order valence-corrected chi connectivity index (χ2v) is 5.42. The van der Waals surface area contributed by atoms with E-state index in [1.807, 2.05) is 14.1 Å². The molecule has 0 heterocycles. The number of hydrogen-bond donors (Lipinski definition) is 2. The minimum Gasteiger partial charge on any atom is -0.378 e. The van der Waals surface area contributed by atoms with Gasteiger partial charge >= 0.3 is 0 Å². The third kappa shape index (κ3) is 6.29. The Morgan fingerprint density at radius 3 is 2.65 bits per heavy atom. The van der Waals surface area contributed by atoms with Gasteiger partial charge in [0, 0.05) is 19.5 Å². The molecule has 5 heteroatoms. The number of nitrogens with zero attached hydrogens (tertiary/aromatic N) is 1. The zero-order valence-corrected chi connectivity index (χ0v) is 11.8. The van der Waals surface area contributed by atoms with Crippen molar-refractivity contribution in [3.63, 3.8) is 0 Å². The average molecular weight is 260 g/mol. The Kier molecular flexibility index (Phi) is 6.30. The highest BCUT2D eigenvalue weighted by Gasteiger charge is 2.42. The van der Waals surface area contributed by atoms with E-state index in [1.165, 1.54) is 0 Å². The van der Waals surface area contributed by atoms with Gasteiger partial charge in [-0.05, 0) is 38.1 Å². The van der Waals surface area contributed by atoms with E-state index in [9.17, 15) is 4.79 Å². The molecule has 4 nitrogen and oxygen atoms in total. The van der Waals surface area contributed by atoms with Gasteiger partial charge in [-0.2, -0.15) is 12.6 Å². The maximum absolute atomic E-state index is 11.6. The topological polar surface area (TPSA) is 41.6 Å². The van der Waals surface area contributed by atoms with Gasteiger partial charge in [-0.3, -0.25) is 4.79 Å². The molecule has 1 saturated carbocycles. The van der Waals surface area contributed by atoms with Crippen LogP contribution < -0.4 is 5.32 Å². The molecule has 0 spiro atoms. The Bertz CT molecular complexity index is 243. The second-order valence-electron chi connectivity index (χ2n) is 5.10. The molecule has 0 radical (unpaired) electrons. The number of nitrogens with one attached hydrogen (secondary N) is 1. The van der Waals surface area contributed by atoms with Crippen LogP contribution in [0.25, 0.3) is 0 Å². The molecule has 0 aromatic carbocycles. The molecule has 0 aromatic heterocycles. The van der Waals surface area contributed by atoms with Crippen molar-refractivity contribution in [3.8, 4) is 0 Å². The highest BCUT2D eigenvalue weighted by Crippen LogP contribution is 2.49. The standard InChI is InChI=1S/C12H24N2O2S/c1-14(2)6-8-16-7-5-13-11(15)9-12(10-17)3-4-12/h17H,3-10H2,1-2H3,(H,13,15). The molecule has 1 rings (SSSR count). The van der Waals surface area contributed by atoms with E-state index in [0.717, 1.165) is 25.1 Å². The van der Waals surface area contributed by atoms with Gasteiger partial charge in [0.25, 0.3) is 0 Å². The highest BCUT2D eigenvalue weighted by molar-refractivity contribution is 7.80. The Labute approximate surface area is 109 Å². The predicted octanol–water partition coefficient (Wildman–Crippen LogP) is 0.781. The van der Waals surface area contributed by atoms with Crippen molar-refractivity contribution in [3.05, 3.63) is 0 Å². The lowest BCUT2D eigenvalue weighted by Crippen LogP contribution is -2.30. The number of carbonyl (C=O) groups is 1.